The SMILES string of the molecule is CC(=O)c1cc(C(=O)[O-])cc(C(=O)O)c1. The first kappa shape index (κ1) is 10.9. The first-order chi connectivity index (χ1) is 6.91. The zero-order valence-corrected chi connectivity index (χ0v) is 7.81. The van der Waals surface area contributed by atoms with Crippen LogP contribution in [0.5, 0.6) is 0 Å². The quantitative estimate of drug-likeness (QED) is 0.701. The maximum atomic E-state index is 11.0. The molecule has 0 saturated carbocycles. The summed E-state index contributed by atoms with van der Waals surface area (Å²) in [5.74, 6) is -3.21. The minimum absolute atomic E-state index is 0.0362. The Bertz CT molecular complexity index is 368. The van der Waals surface area contributed by atoms with Crippen molar-refractivity contribution >= 4 is 17.7 Å². The first-order valence-electron chi connectivity index (χ1n) is 4.02. The molecule has 0 aromatic heterocycles. The molecule has 5 nitrogen and oxygen atoms in total. The predicted octanol–water partition coefficient (Wildman–Crippen LogP) is -0.0491. The summed E-state index contributed by atoms with van der Waals surface area (Å²) in [5.41, 5.74) is -0.531. The smallest absolute Gasteiger partial charge is 0.335 e. The Kier molecular flexibility index (Phi) is 2.85. The Balaban J connectivity index is 3.39. The van der Waals surface area contributed by atoms with Gasteiger partial charge in [-0.25, -0.2) is 4.79 Å². The van der Waals surface area contributed by atoms with Gasteiger partial charge in [0, 0.05) is 5.56 Å². The first-order valence-corrected chi connectivity index (χ1v) is 4.02. The number of rotatable bonds is 3. The predicted molar refractivity (Wildman–Crippen MR) is 47.7 cm³/mol. The molecule has 0 heterocycles. The van der Waals surface area contributed by atoms with Crippen LogP contribution in [0.15, 0.2) is 18.2 Å². The minimum Gasteiger partial charge on any atom is -0.545 e. The number of Topliss-reactive ketones (excluding diaryl/α,β-unsaturated/α-hetero) is 1. The lowest BCUT2D eigenvalue weighted by atomic mass is 10.0. The second-order valence-electron chi connectivity index (χ2n) is 2.95. The van der Waals surface area contributed by atoms with Crippen molar-refractivity contribution in [3.63, 3.8) is 0 Å². The van der Waals surface area contributed by atoms with Crippen LogP contribution in [0.3, 0.4) is 0 Å². The number of carboxylic acid groups (broad SMARTS) is 2. The van der Waals surface area contributed by atoms with E-state index in [0.29, 0.717) is 0 Å². The van der Waals surface area contributed by atoms with E-state index >= 15 is 0 Å². The van der Waals surface area contributed by atoms with E-state index in [4.69, 9.17) is 5.11 Å². The van der Waals surface area contributed by atoms with E-state index in [1.54, 1.807) is 0 Å². The Morgan fingerprint density at radius 1 is 1.07 bits per heavy atom. The molecule has 0 aliphatic heterocycles. The lowest BCUT2D eigenvalue weighted by molar-refractivity contribution is -0.255. The maximum Gasteiger partial charge on any atom is 0.335 e. The van der Waals surface area contributed by atoms with Gasteiger partial charge in [-0.3, -0.25) is 4.79 Å². The van der Waals surface area contributed by atoms with Crippen LogP contribution < -0.4 is 5.11 Å². The molecule has 1 aromatic carbocycles. The van der Waals surface area contributed by atoms with Gasteiger partial charge in [-0.05, 0) is 30.7 Å². The molecule has 0 fully saturated rings. The van der Waals surface area contributed by atoms with Crippen molar-refractivity contribution < 1.29 is 24.6 Å². The second kappa shape index (κ2) is 3.91. The monoisotopic (exact) mass is 207 g/mol. The highest BCUT2D eigenvalue weighted by atomic mass is 16.4. The number of benzene rings is 1. The van der Waals surface area contributed by atoms with E-state index in [1.807, 2.05) is 0 Å². The van der Waals surface area contributed by atoms with Crippen LogP contribution in [0.25, 0.3) is 0 Å². The molecule has 0 atom stereocenters. The molecular formula is C10H7O5-. The zero-order chi connectivity index (χ0) is 11.6. The molecule has 0 aliphatic carbocycles. The van der Waals surface area contributed by atoms with Gasteiger partial charge in [0.05, 0.1) is 11.5 Å². The third-order valence-electron chi connectivity index (χ3n) is 1.82. The molecule has 15 heavy (non-hydrogen) atoms. The number of carbonyl (C=O) groups excluding carboxylic acids is 2. The van der Waals surface area contributed by atoms with Crippen molar-refractivity contribution in [1.29, 1.82) is 0 Å². The van der Waals surface area contributed by atoms with Crippen LogP contribution in [0.4, 0.5) is 0 Å². The van der Waals surface area contributed by atoms with Gasteiger partial charge in [-0.2, -0.15) is 0 Å². The average molecular weight is 207 g/mol. The fraction of sp³-hybridized carbons (Fsp3) is 0.100. The van der Waals surface area contributed by atoms with Crippen LogP contribution in [-0.4, -0.2) is 22.8 Å². The molecule has 1 rings (SSSR count). The Labute approximate surface area is 85.0 Å². The molecule has 0 unspecified atom stereocenters. The van der Waals surface area contributed by atoms with E-state index in [0.717, 1.165) is 18.2 Å². The van der Waals surface area contributed by atoms with Crippen LogP contribution >= 0.6 is 0 Å². The van der Waals surface area contributed by atoms with Crippen LogP contribution in [-0.2, 0) is 0 Å². The van der Waals surface area contributed by atoms with E-state index in [1.165, 1.54) is 6.92 Å². The lowest BCUT2D eigenvalue weighted by Crippen LogP contribution is -2.23. The summed E-state index contributed by atoms with van der Waals surface area (Å²) >= 11 is 0. The molecule has 5 heteroatoms. The molecule has 1 N–H and O–H groups in total. The maximum absolute atomic E-state index is 11.0. The Morgan fingerprint density at radius 3 is 1.93 bits per heavy atom. The fourth-order valence-corrected chi connectivity index (χ4v) is 1.07. The van der Waals surface area contributed by atoms with Gasteiger partial charge in [-0.15, -0.1) is 0 Å². The number of aromatic carboxylic acids is 2. The molecule has 0 saturated heterocycles. The van der Waals surface area contributed by atoms with Crippen LogP contribution in [0.1, 0.15) is 38.0 Å². The fourth-order valence-electron chi connectivity index (χ4n) is 1.07. The van der Waals surface area contributed by atoms with E-state index in [2.05, 4.69) is 0 Å². The van der Waals surface area contributed by atoms with E-state index < -0.39 is 17.7 Å². The summed E-state index contributed by atoms with van der Waals surface area (Å²) < 4.78 is 0. The number of hydrogen-bond donors (Lipinski definition) is 1. The molecule has 78 valence electrons. The number of carbonyl (C=O) groups is 3. The highest BCUT2D eigenvalue weighted by molar-refractivity contribution is 6.00. The van der Waals surface area contributed by atoms with Gasteiger partial charge in [0.15, 0.2) is 5.78 Å². The summed E-state index contributed by atoms with van der Waals surface area (Å²) in [7, 11) is 0. The summed E-state index contributed by atoms with van der Waals surface area (Å²) in [6.07, 6.45) is 0. The number of ketones is 1. The van der Waals surface area contributed by atoms with Crippen molar-refractivity contribution in [3.8, 4) is 0 Å². The highest BCUT2D eigenvalue weighted by Crippen LogP contribution is 2.11. The van der Waals surface area contributed by atoms with Crippen LogP contribution in [0, 0.1) is 0 Å². The number of hydrogen-bond acceptors (Lipinski definition) is 4. The number of carboxylic acids is 2. The average Bonchev–Trinajstić information content (AvgIpc) is 2.16. The third-order valence-corrected chi connectivity index (χ3v) is 1.82. The Morgan fingerprint density at radius 2 is 1.53 bits per heavy atom. The lowest BCUT2D eigenvalue weighted by Gasteiger charge is -2.06. The van der Waals surface area contributed by atoms with Crippen LogP contribution in [0.2, 0.25) is 0 Å². The Hall–Kier alpha value is -2.17. The standard InChI is InChI=1S/C10H8O5/c1-5(11)6-2-7(9(12)13)4-8(3-6)10(14)15/h2-4H,1H3,(H,12,13)(H,14,15)/p-1. The van der Waals surface area contributed by atoms with Crippen molar-refractivity contribution in [2.24, 2.45) is 0 Å². The largest absolute Gasteiger partial charge is 0.545 e. The molecule has 0 radical (unpaired) electrons. The van der Waals surface area contributed by atoms with E-state index in [-0.39, 0.29) is 16.7 Å². The molecule has 1 aromatic rings. The van der Waals surface area contributed by atoms with Gasteiger partial charge >= 0.3 is 5.97 Å². The topological polar surface area (TPSA) is 94.5 Å². The molecule has 0 bridgehead atoms. The highest BCUT2D eigenvalue weighted by Gasteiger charge is 2.09. The molecular weight excluding hydrogens is 200 g/mol. The molecule has 0 amide bonds. The second-order valence-corrected chi connectivity index (χ2v) is 2.95. The van der Waals surface area contributed by atoms with Gasteiger partial charge in [0.2, 0.25) is 0 Å². The van der Waals surface area contributed by atoms with Crippen molar-refractivity contribution in [2.45, 2.75) is 6.92 Å². The third kappa shape index (κ3) is 2.40. The minimum atomic E-state index is -1.51. The summed E-state index contributed by atoms with van der Waals surface area (Å²) in [5, 5.41) is 19.2. The zero-order valence-electron chi connectivity index (χ0n) is 7.81. The summed E-state index contributed by atoms with van der Waals surface area (Å²) in [6.45, 7) is 1.22. The van der Waals surface area contributed by atoms with Gasteiger partial charge in [0.1, 0.15) is 0 Å². The van der Waals surface area contributed by atoms with Crippen molar-refractivity contribution in [1.82, 2.24) is 0 Å². The van der Waals surface area contributed by atoms with Gasteiger partial charge in [0.25, 0.3) is 0 Å². The van der Waals surface area contributed by atoms with Gasteiger partial charge < -0.3 is 15.0 Å². The summed E-state index contributed by atoms with van der Waals surface area (Å²) in [6, 6.07) is 3.16. The molecule has 0 spiro atoms. The molecule has 0 aliphatic rings. The van der Waals surface area contributed by atoms with E-state index in [9.17, 15) is 19.5 Å². The summed E-state index contributed by atoms with van der Waals surface area (Å²) in [4.78, 5) is 32.1. The van der Waals surface area contributed by atoms with Crippen molar-refractivity contribution in [2.75, 3.05) is 0 Å². The van der Waals surface area contributed by atoms with Gasteiger partial charge in [-0.1, -0.05) is 0 Å². The van der Waals surface area contributed by atoms with Crippen molar-refractivity contribution in [3.05, 3.63) is 34.9 Å². The normalized spacial score (nSPS) is 9.67.